The van der Waals surface area contributed by atoms with Crippen molar-refractivity contribution >= 4 is 40.8 Å². The van der Waals surface area contributed by atoms with Crippen LogP contribution in [-0.4, -0.2) is 44.6 Å². The van der Waals surface area contributed by atoms with E-state index in [1.165, 1.54) is 16.9 Å². The smallest absolute Gasteiger partial charge is 0.311 e. The third-order valence-electron chi connectivity index (χ3n) is 5.03. The number of ether oxygens (including phenoxy) is 2. The molecule has 1 aliphatic rings. The normalized spacial score (nSPS) is 15.2. The fraction of sp³-hybridized carbons (Fsp3) is 0.304. The molecule has 8 nitrogen and oxygen atoms in total. The van der Waals surface area contributed by atoms with Crippen LogP contribution in [0.5, 0.6) is 5.75 Å². The molecule has 0 saturated carbocycles. The molecule has 9 heteroatoms. The van der Waals surface area contributed by atoms with Crippen LogP contribution >= 0.6 is 11.6 Å². The quantitative estimate of drug-likeness (QED) is 0.567. The highest BCUT2D eigenvalue weighted by atomic mass is 35.5. The highest BCUT2D eigenvalue weighted by molar-refractivity contribution is 6.30. The van der Waals surface area contributed by atoms with E-state index in [1.54, 1.807) is 48.5 Å². The number of nitrogens with zero attached hydrogens (tertiary/aromatic N) is 3. The molecule has 2 aromatic rings. The third-order valence-corrected chi connectivity index (χ3v) is 5.26. The molecule has 0 aromatic heterocycles. The lowest BCUT2D eigenvalue weighted by Crippen LogP contribution is -2.36. The van der Waals surface area contributed by atoms with Crippen molar-refractivity contribution in [2.75, 3.05) is 36.6 Å². The molecule has 1 fully saturated rings. The number of amides is 2. The van der Waals surface area contributed by atoms with Crippen molar-refractivity contribution in [1.29, 1.82) is 5.26 Å². The molecule has 2 amide bonds. The average Bonchev–Trinajstić information content (AvgIpc) is 3.19. The Morgan fingerprint density at radius 2 is 2.03 bits per heavy atom. The zero-order valence-corrected chi connectivity index (χ0v) is 18.2. The number of esters is 1. The van der Waals surface area contributed by atoms with Crippen LogP contribution in [0.1, 0.15) is 12.8 Å². The largest absolute Gasteiger partial charge is 0.497 e. The Morgan fingerprint density at radius 3 is 2.75 bits per heavy atom. The highest BCUT2D eigenvalue weighted by Gasteiger charge is 2.36. The summed E-state index contributed by atoms with van der Waals surface area (Å²) in [4.78, 5) is 40.5. The second kappa shape index (κ2) is 10.6. The van der Waals surface area contributed by atoms with Crippen LogP contribution in [0.2, 0.25) is 5.02 Å². The van der Waals surface area contributed by atoms with Crippen molar-refractivity contribution in [3.8, 4) is 11.8 Å². The Kier molecular flexibility index (Phi) is 7.68. The van der Waals surface area contributed by atoms with Gasteiger partial charge in [-0.3, -0.25) is 14.4 Å². The van der Waals surface area contributed by atoms with Gasteiger partial charge in [0.15, 0.2) is 6.61 Å². The van der Waals surface area contributed by atoms with E-state index in [2.05, 4.69) is 0 Å². The molecular weight excluding hydrogens is 434 g/mol. The van der Waals surface area contributed by atoms with E-state index < -0.39 is 24.4 Å². The van der Waals surface area contributed by atoms with Crippen molar-refractivity contribution in [2.24, 2.45) is 5.92 Å². The summed E-state index contributed by atoms with van der Waals surface area (Å²) in [5.74, 6) is -1.39. The standard InChI is InChI=1S/C23H22ClN3O5/c1-31-20-8-3-7-19(13-20)27-14-16(11-21(27)28)23(30)32-15-22(29)26(10-4-9-25)18-6-2-5-17(24)12-18/h2-3,5-8,12-13,16H,4,10-11,14-15H2,1H3. The maximum Gasteiger partial charge on any atom is 0.311 e. The molecule has 0 bridgehead atoms. The van der Waals surface area contributed by atoms with Gasteiger partial charge in [-0.1, -0.05) is 23.7 Å². The summed E-state index contributed by atoms with van der Waals surface area (Å²) in [6.07, 6.45) is 0.107. The predicted molar refractivity (Wildman–Crippen MR) is 118 cm³/mol. The maximum absolute atomic E-state index is 12.7. The monoisotopic (exact) mass is 455 g/mol. The molecule has 1 saturated heterocycles. The SMILES string of the molecule is COc1cccc(N2CC(C(=O)OCC(=O)N(CCC#N)c3cccc(Cl)c3)CC2=O)c1. The van der Waals surface area contributed by atoms with E-state index in [-0.39, 0.29) is 31.8 Å². The lowest BCUT2D eigenvalue weighted by atomic mass is 10.1. The third kappa shape index (κ3) is 5.56. The van der Waals surface area contributed by atoms with Crippen LogP contribution in [-0.2, 0) is 19.1 Å². The van der Waals surface area contributed by atoms with Crippen LogP contribution in [0.15, 0.2) is 48.5 Å². The summed E-state index contributed by atoms with van der Waals surface area (Å²) < 4.78 is 10.4. The number of benzene rings is 2. The lowest BCUT2D eigenvalue weighted by molar-refractivity contribution is -0.151. The number of carbonyl (C=O) groups excluding carboxylic acids is 3. The number of carbonyl (C=O) groups is 3. The van der Waals surface area contributed by atoms with Crippen molar-refractivity contribution in [1.82, 2.24) is 0 Å². The minimum atomic E-state index is -0.680. The number of hydrogen-bond donors (Lipinski definition) is 0. The molecule has 1 aliphatic heterocycles. The van der Waals surface area contributed by atoms with E-state index in [0.717, 1.165) is 0 Å². The summed E-state index contributed by atoms with van der Waals surface area (Å²) in [7, 11) is 1.53. The topological polar surface area (TPSA) is 99.9 Å². The summed E-state index contributed by atoms with van der Waals surface area (Å²) in [6.45, 7) is -0.204. The van der Waals surface area contributed by atoms with Gasteiger partial charge in [-0.2, -0.15) is 5.26 Å². The second-order valence-corrected chi connectivity index (χ2v) is 7.58. The van der Waals surface area contributed by atoms with Crippen LogP contribution in [0.3, 0.4) is 0 Å². The molecule has 0 radical (unpaired) electrons. The molecule has 1 unspecified atom stereocenters. The number of rotatable bonds is 8. The Labute approximate surface area is 190 Å². The van der Waals surface area contributed by atoms with E-state index in [0.29, 0.717) is 22.1 Å². The van der Waals surface area contributed by atoms with Gasteiger partial charge in [-0.25, -0.2) is 0 Å². The predicted octanol–water partition coefficient (Wildman–Crippen LogP) is 3.19. The van der Waals surface area contributed by atoms with Crippen LogP contribution in [0.25, 0.3) is 0 Å². The van der Waals surface area contributed by atoms with E-state index in [1.807, 2.05) is 6.07 Å². The summed E-state index contributed by atoms with van der Waals surface area (Å²) in [6, 6.07) is 15.6. The maximum atomic E-state index is 12.7. The first kappa shape index (κ1) is 23.1. The van der Waals surface area contributed by atoms with Gasteiger partial charge in [0.25, 0.3) is 5.91 Å². The van der Waals surface area contributed by atoms with Gasteiger partial charge in [-0.05, 0) is 30.3 Å². The zero-order chi connectivity index (χ0) is 23.1. The number of hydrogen-bond acceptors (Lipinski definition) is 6. The molecular formula is C23H22ClN3O5. The van der Waals surface area contributed by atoms with Gasteiger partial charge in [0.2, 0.25) is 5.91 Å². The number of nitriles is 1. The van der Waals surface area contributed by atoms with Crippen molar-refractivity contribution in [3.05, 3.63) is 53.6 Å². The van der Waals surface area contributed by atoms with Crippen molar-refractivity contribution < 1.29 is 23.9 Å². The summed E-state index contributed by atoms with van der Waals surface area (Å²) in [5.41, 5.74) is 1.14. The molecule has 1 atom stereocenters. The fourth-order valence-corrected chi connectivity index (χ4v) is 3.61. The molecule has 166 valence electrons. The molecule has 2 aromatic carbocycles. The molecule has 32 heavy (non-hydrogen) atoms. The number of methoxy groups -OCH3 is 1. The van der Waals surface area contributed by atoms with E-state index in [4.69, 9.17) is 26.3 Å². The lowest BCUT2D eigenvalue weighted by Gasteiger charge is -2.22. The van der Waals surface area contributed by atoms with Gasteiger partial charge in [-0.15, -0.1) is 0 Å². The van der Waals surface area contributed by atoms with E-state index in [9.17, 15) is 14.4 Å². The first-order valence-electron chi connectivity index (χ1n) is 9.97. The molecule has 0 spiro atoms. The molecule has 0 N–H and O–H groups in total. The first-order valence-corrected chi connectivity index (χ1v) is 10.3. The fourth-order valence-electron chi connectivity index (χ4n) is 3.43. The van der Waals surface area contributed by atoms with Gasteiger partial charge in [0.05, 0.1) is 25.5 Å². The van der Waals surface area contributed by atoms with Crippen LogP contribution in [0, 0.1) is 17.2 Å². The van der Waals surface area contributed by atoms with Crippen molar-refractivity contribution in [2.45, 2.75) is 12.8 Å². The average molecular weight is 456 g/mol. The van der Waals surface area contributed by atoms with Gasteiger partial charge >= 0.3 is 5.97 Å². The van der Waals surface area contributed by atoms with Crippen molar-refractivity contribution in [3.63, 3.8) is 0 Å². The van der Waals surface area contributed by atoms with Crippen LogP contribution in [0.4, 0.5) is 11.4 Å². The summed E-state index contributed by atoms with van der Waals surface area (Å²) >= 11 is 6.01. The van der Waals surface area contributed by atoms with Gasteiger partial charge in [0, 0.05) is 42.0 Å². The minimum Gasteiger partial charge on any atom is -0.497 e. The second-order valence-electron chi connectivity index (χ2n) is 7.15. The summed E-state index contributed by atoms with van der Waals surface area (Å²) in [5, 5.41) is 9.33. The Hall–Kier alpha value is -3.57. The molecule has 0 aliphatic carbocycles. The van der Waals surface area contributed by atoms with E-state index >= 15 is 0 Å². The zero-order valence-electron chi connectivity index (χ0n) is 17.5. The Bertz CT molecular complexity index is 1050. The van der Waals surface area contributed by atoms with Gasteiger partial charge in [0.1, 0.15) is 5.75 Å². The highest BCUT2D eigenvalue weighted by Crippen LogP contribution is 2.28. The van der Waals surface area contributed by atoms with Gasteiger partial charge < -0.3 is 19.3 Å². The Morgan fingerprint density at radius 1 is 1.25 bits per heavy atom. The molecule has 3 rings (SSSR count). The Balaban J connectivity index is 1.62. The molecule has 1 heterocycles. The first-order chi connectivity index (χ1) is 15.4. The number of halogens is 1. The van der Waals surface area contributed by atoms with Crippen LogP contribution < -0.4 is 14.5 Å². The number of anilines is 2. The minimum absolute atomic E-state index is 0.00330.